The van der Waals surface area contributed by atoms with Crippen molar-refractivity contribution in [1.29, 1.82) is 0 Å². The molecular weight excluding hydrogens is 341 g/mol. The lowest BCUT2D eigenvalue weighted by Gasteiger charge is -2.08. The Balaban J connectivity index is 1.78. The highest BCUT2D eigenvalue weighted by molar-refractivity contribution is 7.98. The Bertz CT molecular complexity index is 764. The maximum atomic E-state index is 13.5. The number of halogens is 1. The molecule has 0 bridgehead atoms. The van der Waals surface area contributed by atoms with Gasteiger partial charge in [-0.25, -0.2) is 9.07 Å². The number of unbranched alkanes of at least 4 members (excludes halogenated alkanes) is 1. The molecule has 0 unspecified atom stereocenters. The number of amides is 1. The molecule has 1 N–H and O–H groups in total. The summed E-state index contributed by atoms with van der Waals surface area (Å²) in [6.07, 6.45) is 1.79. The summed E-state index contributed by atoms with van der Waals surface area (Å²) in [5.74, 6) is 0.701. The highest BCUT2D eigenvalue weighted by Gasteiger charge is 2.09. The van der Waals surface area contributed by atoms with E-state index < -0.39 is 0 Å². The first-order valence-corrected chi connectivity index (χ1v) is 9.44. The predicted molar refractivity (Wildman–Crippen MR) is 98.3 cm³/mol. The third kappa shape index (κ3) is 6.01. The Morgan fingerprint density at radius 1 is 1.28 bits per heavy atom. The number of benzene rings is 1. The van der Waals surface area contributed by atoms with Gasteiger partial charge >= 0.3 is 0 Å². The molecule has 1 heterocycles. The first kappa shape index (κ1) is 19.2. The molecule has 0 radical (unpaired) electrons. The average molecular weight is 363 g/mol. The van der Waals surface area contributed by atoms with Gasteiger partial charge in [-0.2, -0.15) is 16.9 Å². The highest BCUT2D eigenvalue weighted by Crippen LogP contribution is 2.14. The number of carbonyl (C=O) groups is 1. The molecule has 0 aliphatic heterocycles. The van der Waals surface area contributed by atoms with Crippen molar-refractivity contribution in [3.8, 4) is 0 Å². The largest absolute Gasteiger partial charge is 0.350 e. The fourth-order valence-electron chi connectivity index (χ4n) is 2.16. The Kier molecular flexibility index (Phi) is 7.66. The Hall–Kier alpha value is -2.15. The quantitative estimate of drug-likeness (QED) is 0.696. The monoisotopic (exact) mass is 363 g/mol. The average Bonchev–Trinajstić information content (AvgIpc) is 2.62. The van der Waals surface area contributed by atoms with Crippen molar-refractivity contribution >= 4 is 17.7 Å². The Morgan fingerprint density at radius 2 is 2.08 bits per heavy atom. The van der Waals surface area contributed by atoms with Crippen LogP contribution in [0.4, 0.5) is 4.39 Å². The zero-order chi connectivity index (χ0) is 18.1. The number of aryl methyl sites for hydroxylation is 1. The second kappa shape index (κ2) is 9.98. The van der Waals surface area contributed by atoms with Crippen LogP contribution in [0.1, 0.15) is 35.8 Å². The lowest BCUT2D eigenvalue weighted by atomic mass is 10.2. The van der Waals surface area contributed by atoms with Gasteiger partial charge in [0.1, 0.15) is 11.5 Å². The van der Waals surface area contributed by atoms with Crippen molar-refractivity contribution in [1.82, 2.24) is 15.1 Å². The van der Waals surface area contributed by atoms with Gasteiger partial charge in [-0.15, -0.1) is 0 Å². The standard InChI is InChI=1S/C18H22FN3O2S/c1-2-3-11-22-17(23)9-8-16(21-22)18(24)20-10-12-25-13-14-6-4-5-7-15(14)19/h4-9H,2-3,10-13H2,1H3,(H,20,24). The Morgan fingerprint density at radius 3 is 2.84 bits per heavy atom. The summed E-state index contributed by atoms with van der Waals surface area (Å²) in [5, 5.41) is 6.87. The molecule has 1 amide bonds. The molecule has 0 fully saturated rings. The summed E-state index contributed by atoms with van der Waals surface area (Å²) in [4.78, 5) is 23.8. The zero-order valence-corrected chi connectivity index (χ0v) is 15.0. The number of hydrogen-bond acceptors (Lipinski definition) is 4. The number of aromatic nitrogens is 2. The van der Waals surface area contributed by atoms with Gasteiger partial charge in [0, 0.05) is 30.7 Å². The van der Waals surface area contributed by atoms with Crippen LogP contribution in [0.15, 0.2) is 41.2 Å². The van der Waals surface area contributed by atoms with Gasteiger partial charge in [0.25, 0.3) is 11.5 Å². The lowest BCUT2D eigenvalue weighted by Crippen LogP contribution is -2.30. The second-order valence-corrected chi connectivity index (χ2v) is 6.64. The molecule has 134 valence electrons. The van der Waals surface area contributed by atoms with Crippen LogP contribution in [-0.4, -0.2) is 28.0 Å². The fourth-order valence-corrected chi connectivity index (χ4v) is 3.01. The van der Waals surface area contributed by atoms with Gasteiger partial charge in [0.05, 0.1) is 0 Å². The summed E-state index contributed by atoms with van der Waals surface area (Å²) < 4.78 is 14.8. The van der Waals surface area contributed by atoms with E-state index in [2.05, 4.69) is 10.4 Å². The number of thioether (sulfide) groups is 1. The number of hydrogen-bond donors (Lipinski definition) is 1. The summed E-state index contributed by atoms with van der Waals surface area (Å²) >= 11 is 1.54. The van der Waals surface area contributed by atoms with E-state index in [9.17, 15) is 14.0 Å². The number of rotatable bonds is 9. The first-order chi connectivity index (χ1) is 12.1. The minimum Gasteiger partial charge on any atom is -0.350 e. The van der Waals surface area contributed by atoms with Crippen molar-refractivity contribution < 1.29 is 9.18 Å². The van der Waals surface area contributed by atoms with E-state index in [4.69, 9.17) is 0 Å². The summed E-state index contributed by atoms with van der Waals surface area (Å²) in [6.45, 7) is 2.99. The van der Waals surface area contributed by atoms with E-state index in [0.717, 1.165) is 12.8 Å². The van der Waals surface area contributed by atoms with Gasteiger partial charge in [-0.05, 0) is 24.1 Å². The van der Waals surface area contributed by atoms with Gasteiger partial charge in [0.15, 0.2) is 0 Å². The lowest BCUT2D eigenvalue weighted by molar-refractivity contribution is 0.0948. The van der Waals surface area contributed by atoms with E-state index in [0.29, 0.717) is 30.2 Å². The zero-order valence-electron chi connectivity index (χ0n) is 14.2. The molecule has 5 nitrogen and oxygen atoms in total. The SMILES string of the molecule is CCCCn1nc(C(=O)NCCSCc2ccccc2F)ccc1=O. The van der Waals surface area contributed by atoms with E-state index in [1.807, 2.05) is 6.92 Å². The van der Waals surface area contributed by atoms with Crippen LogP contribution in [0.25, 0.3) is 0 Å². The van der Waals surface area contributed by atoms with E-state index in [1.165, 1.54) is 22.9 Å². The summed E-state index contributed by atoms with van der Waals surface area (Å²) in [6, 6.07) is 9.47. The first-order valence-electron chi connectivity index (χ1n) is 8.29. The van der Waals surface area contributed by atoms with Gasteiger partial charge < -0.3 is 5.32 Å². The molecule has 1 aromatic carbocycles. The minimum atomic E-state index is -0.309. The molecule has 0 saturated carbocycles. The van der Waals surface area contributed by atoms with Crippen molar-refractivity contribution in [2.24, 2.45) is 0 Å². The van der Waals surface area contributed by atoms with Crippen molar-refractivity contribution in [2.75, 3.05) is 12.3 Å². The molecular formula is C18H22FN3O2S. The van der Waals surface area contributed by atoms with Gasteiger partial charge in [-0.3, -0.25) is 9.59 Å². The van der Waals surface area contributed by atoms with E-state index in [1.54, 1.807) is 30.0 Å². The topological polar surface area (TPSA) is 64.0 Å². The molecule has 1 aromatic heterocycles. The van der Waals surface area contributed by atoms with Crippen LogP contribution in [0.2, 0.25) is 0 Å². The van der Waals surface area contributed by atoms with Gasteiger partial charge in [0.2, 0.25) is 0 Å². The molecule has 0 aliphatic carbocycles. The van der Waals surface area contributed by atoms with E-state index in [-0.39, 0.29) is 23.0 Å². The van der Waals surface area contributed by atoms with Crippen molar-refractivity contribution in [3.05, 3.63) is 63.8 Å². The predicted octanol–water partition coefficient (Wildman–Crippen LogP) is 2.85. The number of nitrogens with one attached hydrogen (secondary N) is 1. The van der Waals surface area contributed by atoms with E-state index >= 15 is 0 Å². The molecule has 7 heteroatoms. The van der Waals surface area contributed by atoms with Crippen molar-refractivity contribution in [2.45, 2.75) is 32.1 Å². The number of nitrogens with zero attached hydrogens (tertiary/aromatic N) is 2. The molecule has 25 heavy (non-hydrogen) atoms. The molecule has 0 spiro atoms. The van der Waals surface area contributed by atoms with Crippen molar-refractivity contribution in [3.63, 3.8) is 0 Å². The smallest absolute Gasteiger partial charge is 0.271 e. The molecule has 2 aromatic rings. The summed E-state index contributed by atoms with van der Waals surface area (Å²) in [7, 11) is 0. The normalized spacial score (nSPS) is 10.6. The third-order valence-corrected chi connectivity index (χ3v) is 4.58. The Labute approximate surface area is 150 Å². The molecule has 0 saturated heterocycles. The third-order valence-electron chi connectivity index (χ3n) is 3.57. The van der Waals surface area contributed by atoms with Crippen LogP contribution in [-0.2, 0) is 12.3 Å². The van der Waals surface area contributed by atoms with Gasteiger partial charge in [-0.1, -0.05) is 31.5 Å². The highest BCUT2D eigenvalue weighted by atomic mass is 32.2. The second-order valence-electron chi connectivity index (χ2n) is 5.53. The van der Waals surface area contributed by atoms with Crippen LogP contribution in [0.3, 0.4) is 0 Å². The van der Waals surface area contributed by atoms with Crippen LogP contribution >= 0.6 is 11.8 Å². The fraction of sp³-hybridized carbons (Fsp3) is 0.389. The molecule has 0 aliphatic rings. The summed E-state index contributed by atoms with van der Waals surface area (Å²) in [5.41, 5.74) is 0.684. The van der Waals surface area contributed by atoms with Crippen LogP contribution < -0.4 is 10.9 Å². The van der Waals surface area contributed by atoms with Crippen LogP contribution in [0, 0.1) is 5.82 Å². The maximum absolute atomic E-state index is 13.5. The number of carbonyl (C=O) groups excluding carboxylic acids is 1. The molecule has 0 atom stereocenters. The molecule has 2 rings (SSSR count). The van der Waals surface area contributed by atoms with Crippen LogP contribution in [0.5, 0.6) is 0 Å². The maximum Gasteiger partial charge on any atom is 0.271 e. The minimum absolute atomic E-state index is 0.203.